The number of carbonyl (C=O) groups excluding carboxylic acids is 1. The third-order valence-corrected chi connectivity index (χ3v) is 6.19. The molecule has 166 valence electrons. The van der Waals surface area contributed by atoms with E-state index < -0.39 is 0 Å². The number of aryl methyl sites for hydroxylation is 2. The highest BCUT2D eigenvalue weighted by Gasteiger charge is 2.26. The van der Waals surface area contributed by atoms with E-state index >= 15 is 0 Å². The first-order valence-electron chi connectivity index (χ1n) is 11.7. The fourth-order valence-corrected chi connectivity index (χ4v) is 4.20. The first kappa shape index (κ1) is 22.0. The number of nitrogens with one attached hydrogen (secondary N) is 1. The predicted molar refractivity (Wildman–Crippen MR) is 131 cm³/mol. The van der Waals surface area contributed by atoms with Crippen LogP contribution in [-0.2, 0) is 11.2 Å². The summed E-state index contributed by atoms with van der Waals surface area (Å²) in [6.45, 7) is 5.90. The van der Waals surface area contributed by atoms with Gasteiger partial charge in [0, 0.05) is 30.3 Å². The molecule has 1 aromatic heterocycles. The van der Waals surface area contributed by atoms with Gasteiger partial charge < -0.3 is 10.2 Å². The number of rotatable bonds is 7. The fourth-order valence-electron chi connectivity index (χ4n) is 4.20. The molecule has 32 heavy (non-hydrogen) atoms. The molecule has 1 aliphatic rings. The van der Waals surface area contributed by atoms with Gasteiger partial charge in [-0.05, 0) is 68.5 Å². The molecule has 0 bridgehead atoms. The number of hydrogen-bond donors (Lipinski definition) is 1. The van der Waals surface area contributed by atoms with Gasteiger partial charge in [0.15, 0.2) is 5.82 Å². The molecule has 1 amide bonds. The van der Waals surface area contributed by atoms with Crippen molar-refractivity contribution in [3.05, 3.63) is 71.8 Å². The van der Waals surface area contributed by atoms with Gasteiger partial charge in [-0.15, -0.1) is 10.2 Å². The molecule has 0 atom stereocenters. The molecule has 3 aromatic rings. The summed E-state index contributed by atoms with van der Waals surface area (Å²) >= 11 is 0. The van der Waals surface area contributed by atoms with Crippen LogP contribution in [0.3, 0.4) is 0 Å². The van der Waals surface area contributed by atoms with Crippen molar-refractivity contribution in [2.24, 2.45) is 5.92 Å². The molecule has 1 saturated heterocycles. The largest absolute Gasteiger partial charge is 0.355 e. The van der Waals surface area contributed by atoms with Gasteiger partial charge >= 0.3 is 0 Å². The van der Waals surface area contributed by atoms with Crippen molar-refractivity contribution in [2.45, 2.75) is 46.0 Å². The van der Waals surface area contributed by atoms with Crippen molar-refractivity contribution in [1.82, 2.24) is 10.2 Å². The number of nitrogens with zero attached hydrogens (tertiary/aromatic N) is 3. The number of carbonyl (C=O) groups is 1. The second-order valence-electron chi connectivity index (χ2n) is 8.70. The first-order chi connectivity index (χ1) is 15.6. The maximum atomic E-state index is 12.7. The molecule has 5 nitrogen and oxygen atoms in total. The van der Waals surface area contributed by atoms with Crippen molar-refractivity contribution in [3.8, 4) is 11.3 Å². The third kappa shape index (κ3) is 5.52. The van der Waals surface area contributed by atoms with Crippen LogP contribution < -0.4 is 10.2 Å². The SMILES string of the molecule is CCCCc1ccc(NC(=O)C2CCN(c3ccc(-c4cccc(C)c4)nn3)CC2)cc1. The van der Waals surface area contributed by atoms with Crippen molar-refractivity contribution < 1.29 is 4.79 Å². The number of piperidine rings is 1. The minimum Gasteiger partial charge on any atom is -0.355 e. The van der Waals surface area contributed by atoms with E-state index in [0.29, 0.717) is 0 Å². The van der Waals surface area contributed by atoms with Crippen LogP contribution in [0.15, 0.2) is 60.7 Å². The minimum absolute atomic E-state index is 0.0329. The maximum absolute atomic E-state index is 12.7. The maximum Gasteiger partial charge on any atom is 0.227 e. The molecule has 0 radical (unpaired) electrons. The topological polar surface area (TPSA) is 58.1 Å². The Morgan fingerprint density at radius 1 is 1.03 bits per heavy atom. The summed E-state index contributed by atoms with van der Waals surface area (Å²) in [7, 11) is 0. The summed E-state index contributed by atoms with van der Waals surface area (Å²) in [5, 5.41) is 12.0. The van der Waals surface area contributed by atoms with E-state index in [1.807, 2.05) is 30.3 Å². The zero-order valence-corrected chi connectivity index (χ0v) is 19.1. The monoisotopic (exact) mass is 428 g/mol. The summed E-state index contributed by atoms with van der Waals surface area (Å²) in [6.07, 6.45) is 5.13. The Bertz CT molecular complexity index is 1020. The Hall–Kier alpha value is -3.21. The normalized spacial score (nSPS) is 14.4. The van der Waals surface area contributed by atoms with Crippen LogP contribution in [0.1, 0.15) is 43.7 Å². The summed E-state index contributed by atoms with van der Waals surface area (Å²) in [5.74, 6) is 1.03. The molecule has 0 saturated carbocycles. The number of anilines is 2. The highest BCUT2D eigenvalue weighted by Crippen LogP contribution is 2.25. The number of aromatic nitrogens is 2. The smallest absolute Gasteiger partial charge is 0.227 e. The van der Waals surface area contributed by atoms with E-state index in [4.69, 9.17) is 0 Å². The van der Waals surface area contributed by atoms with Gasteiger partial charge in [0.05, 0.1) is 5.69 Å². The van der Waals surface area contributed by atoms with Gasteiger partial charge in [-0.25, -0.2) is 0 Å². The van der Waals surface area contributed by atoms with Crippen LogP contribution in [0, 0.1) is 12.8 Å². The molecule has 1 aliphatic heterocycles. The number of amides is 1. The predicted octanol–water partition coefficient (Wildman–Crippen LogP) is 5.65. The Morgan fingerprint density at radius 2 is 1.81 bits per heavy atom. The molecular weight excluding hydrogens is 396 g/mol. The van der Waals surface area contributed by atoms with Crippen molar-refractivity contribution in [1.29, 1.82) is 0 Å². The summed E-state index contributed by atoms with van der Waals surface area (Å²) in [5.41, 5.74) is 5.38. The zero-order valence-electron chi connectivity index (χ0n) is 19.1. The Balaban J connectivity index is 1.29. The fraction of sp³-hybridized carbons (Fsp3) is 0.370. The molecule has 2 heterocycles. The van der Waals surface area contributed by atoms with Gasteiger partial charge in [-0.3, -0.25) is 4.79 Å². The molecule has 1 N–H and O–H groups in total. The quantitative estimate of drug-likeness (QED) is 0.528. The standard InChI is InChI=1S/C27H32N4O/c1-3-4-7-21-9-11-24(12-10-21)28-27(32)22-15-17-31(18-16-22)26-14-13-25(29-30-26)23-8-5-6-20(2)19-23/h5-6,8-14,19,22H,3-4,7,15-18H2,1-2H3,(H,28,32). The summed E-state index contributed by atoms with van der Waals surface area (Å²) in [4.78, 5) is 15.0. The lowest BCUT2D eigenvalue weighted by atomic mass is 9.95. The molecule has 0 spiro atoms. The van der Waals surface area contributed by atoms with Crippen molar-refractivity contribution in [2.75, 3.05) is 23.3 Å². The lowest BCUT2D eigenvalue weighted by molar-refractivity contribution is -0.120. The van der Waals surface area contributed by atoms with E-state index in [0.717, 1.165) is 55.1 Å². The van der Waals surface area contributed by atoms with Crippen LogP contribution in [0.5, 0.6) is 0 Å². The Labute approximate surface area is 190 Å². The number of benzene rings is 2. The van der Waals surface area contributed by atoms with Crippen LogP contribution in [0.2, 0.25) is 0 Å². The van der Waals surface area contributed by atoms with Gasteiger partial charge in [0.2, 0.25) is 5.91 Å². The van der Waals surface area contributed by atoms with E-state index in [1.165, 1.54) is 24.0 Å². The molecule has 4 rings (SSSR count). The van der Waals surface area contributed by atoms with E-state index in [-0.39, 0.29) is 11.8 Å². The highest BCUT2D eigenvalue weighted by molar-refractivity contribution is 5.92. The molecule has 5 heteroatoms. The molecule has 1 fully saturated rings. The van der Waals surface area contributed by atoms with Gasteiger partial charge in [-0.2, -0.15) is 0 Å². The molecule has 0 unspecified atom stereocenters. The molecular formula is C27H32N4O. The molecule has 2 aromatic carbocycles. The van der Waals surface area contributed by atoms with Crippen molar-refractivity contribution >= 4 is 17.4 Å². The van der Waals surface area contributed by atoms with Gasteiger partial charge in [0.1, 0.15) is 0 Å². The summed E-state index contributed by atoms with van der Waals surface area (Å²) < 4.78 is 0. The highest BCUT2D eigenvalue weighted by atomic mass is 16.1. The lowest BCUT2D eigenvalue weighted by Crippen LogP contribution is -2.38. The van der Waals surface area contributed by atoms with Crippen LogP contribution in [-0.4, -0.2) is 29.2 Å². The minimum atomic E-state index is 0.0329. The summed E-state index contributed by atoms with van der Waals surface area (Å²) in [6, 6.07) is 20.6. The van der Waals surface area contributed by atoms with Crippen LogP contribution in [0.25, 0.3) is 11.3 Å². The van der Waals surface area contributed by atoms with Gasteiger partial charge in [-0.1, -0.05) is 49.2 Å². The second-order valence-corrected chi connectivity index (χ2v) is 8.70. The zero-order chi connectivity index (χ0) is 22.3. The second kappa shape index (κ2) is 10.4. The van der Waals surface area contributed by atoms with Crippen molar-refractivity contribution in [3.63, 3.8) is 0 Å². The van der Waals surface area contributed by atoms with E-state index in [9.17, 15) is 4.79 Å². The number of hydrogen-bond acceptors (Lipinski definition) is 4. The third-order valence-electron chi connectivity index (χ3n) is 6.19. The Kier molecular flexibility index (Phi) is 7.15. The van der Waals surface area contributed by atoms with Crippen LogP contribution in [0.4, 0.5) is 11.5 Å². The number of unbranched alkanes of at least 4 members (excludes halogenated alkanes) is 1. The Morgan fingerprint density at radius 3 is 2.47 bits per heavy atom. The average molecular weight is 429 g/mol. The first-order valence-corrected chi connectivity index (χ1v) is 11.7. The molecule has 0 aliphatic carbocycles. The van der Waals surface area contributed by atoms with E-state index in [2.05, 4.69) is 64.6 Å². The lowest BCUT2D eigenvalue weighted by Gasteiger charge is -2.31. The van der Waals surface area contributed by atoms with E-state index in [1.54, 1.807) is 0 Å². The van der Waals surface area contributed by atoms with Gasteiger partial charge in [0.25, 0.3) is 0 Å². The average Bonchev–Trinajstić information content (AvgIpc) is 2.84. The van der Waals surface area contributed by atoms with Crippen LogP contribution >= 0.6 is 0 Å².